The molecule has 1 fully saturated rings. The van der Waals surface area contributed by atoms with Crippen molar-refractivity contribution in [1.82, 2.24) is 4.90 Å². The third-order valence-electron chi connectivity index (χ3n) is 5.56. The fourth-order valence-corrected chi connectivity index (χ4v) is 4.60. The molecular weight excluding hydrogens is 394 g/mol. The number of carbonyl (C=O) groups excluding carboxylic acids is 1. The Morgan fingerprint density at radius 3 is 2.53 bits per heavy atom. The summed E-state index contributed by atoms with van der Waals surface area (Å²) in [7, 11) is 3.82. The molecule has 30 heavy (non-hydrogen) atoms. The number of thiophene rings is 1. The molecule has 1 aliphatic heterocycles. The van der Waals surface area contributed by atoms with Crippen LogP contribution in [0.3, 0.4) is 0 Å². The number of hydrogen-bond acceptors (Lipinski definition) is 5. The largest absolute Gasteiger partial charge is 0.495 e. The second-order valence-electron chi connectivity index (χ2n) is 7.64. The van der Waals surface area contributed by atoms with Crippen LogP contribution >= 0.6 is 11.3 Å². The molecule has 1 saturated heterocycles. The predicted octanol–water partition coefficient (Wildman–Crippen LogP) is 4.74. The summed E-state index contributed by atoms with van der Waals surface area (Å²) in [5.41, 5.74) is 4.72. The maximum Gasteiger partial charge on any atom is 0.255 e. The van der Waals surface area contributed by atoms with E-state index in [1.807, 2.05) is 49.4 Å². The Balaban J connectivity index is 1.53. The number of likely N-dealkylation sites (N-methyl/N-ethyl adjacent to an activating group) is 1. The van der Waals surface area contributed by atoms with Gasteiger partial charge in [0.05, 0.1) is 12.8 Å². The molecule has 1 aromatic heterocycles. The number of nitrogens with one attached hydrogen (secondary N) is 1. The lowest BCUT2D eigenvalue weighted by Gasteiger charge is -2.35. The van der Waals surface area contributed by atoms with Crippen molar-refractivity contribution in [3.05, 3.63) is 65.0 Å². The van der Waals surface area contributed by atoms with Crippen LogP contribution < -0.4 is 15.0 Å². The van der Waals surface area contributed by atoms with Crippen LogP contribution in [0.25, 0.3) is 10.4 Å². The lowest BCUT2D eigenvalue weighted by molar-refractivity contribution is 0.102. The van der Waals surface area contributed by atoms with E-state index >= 15 is 0 Å². The molecule has 6 heteroatoms. The van der Waals surface area contributed by atoms with Crippen molar-refractivity contribution in [3.8, 4) is 16.2 Å². The molecule has 1 amide bonds. The second-order valence-corrected chi connectivity index (χ2v) is 8.59. The molecule has 0 atom stereocenters. The third kappa shape index (κ3) is 4.35. The first-order valence-corrected chi connectivity index (χ1v) is 11.0. The number of amides is 1. The lowest BCUT2D eigenvalue weighted by Crippen LogP contribution is -2.44. The van der Waals surface area contributed by atoms with Gasteiger partial charge in [0.15, 0.2) is 0 Å². The fourth-order valence-electron chi connectivity index (χ4n) is 3.78. The summed E-state index contributed by atoms with van der Waals surface area (Å²) < 4.78 is 5.57. The van der Waals surface area contributed by atoms with Gasteiger partial charge in [-0.15, -0.1) is 11.3 Å². The van der Waals surface area contributed by atoms with E-state index in [9.17, 15) is 4.79 Å². The number of benzene rings is 2. The number of aryl methyl sites for hydroxylation is 1. The zero-order valence-corrected chi connectivity index (χ0v) is 18.5. The maximum absolute atomic E-state index is 12.9. The van der Waals surface area contributed by atoms with Crippen LogP contribution in [0.15, 0.2) is 53.9 Å². The Morgan fingerprint density at radius 2 is 1.87 bits per heavy atom. The third-order valence-corrected chi connectivity index (χ3v) is 6.46. The van der Waals surface area contributed by atoms with Crippen molar-refractivity contribution in [2.45, 2.75) is 6.92 Å². The molecule has 5 nitrogen and oxygen atoms in total. The molecule has 156 valence electrons. The Bertz CT molecular complexity index is 1020. The van der Waals surface area contributed by atoms with Gasteiger partial charge < -0.3 is 19.9 Å². The number of carbonyl (C=O) groups is 1. The molecule has 2 aromatic carbocycles. The van der Waals surface area contributed by atoms with Gasteiger partial charge in [-0.3, -0.25) is 4.79 Å². The highest BCUT2D eigenvalue weighted by Crippen LogP contribution is 2.33. The van der Waals surface area contributed by atoms with E-state index in [2.05, 4.69) is 33.6 Å². The van der Waals surface area contributed by atoms with E-state index in [4.69, 9.17) is 4.74 Å². The number of piperazine rings is 1. The minimum atomic E-state index is -0.106. The van der Waals surface area contributed by atoms with Gasteiger partial charge in [0.25, 0.3) is 5.91 Å². The Kier molecular flexibility index (Phi) is 6.06. The summed E-state index contributed by atoms with van der Waals surface area (Å²) in [6.45, 7) is 5.94. The van der Waals surface area contributed by atoms with E-state index in [1.54, 1.807) is 18.4 Å². The Labute approximate surface area is 181 Å². The fraction of sp³-hybridized carbons (Fsp3) is 0.292. The molecule has 1 N–H and O–H groups in total. The van der Waals surface area contributed by atoms with Gasteiger partial charge in [-0.1, -0.05) is 12.1 Å². The van der Waals surface area contributed by atoms with Crippen LogP contribution in [0.1, 0.15) is 15.9 Å². The predicted molar refractivity (Wildman–Crippen MR) is 125 cm³/mol. The topological polar surface area (TPSA) is 44.8 Å². The average Bonchev–Trinajstić information content (AvgIpc) is 3.28. The van der Waals surface area contributed by atoms with Crippen LogP contribution in [0.5, 0.6) is 5.75 Å². The van der Waals surface area contributed by atoms with E-state index in [1.165, 1.54) is 10.4 Å². The van der Waals surface area contributed by atoms with Gasteiger partial charge in [0.2, 0.25) is 0 Å². The van der Waals surface area contributed by atoms with E-state index in [0.29, 0.717) is 5.56 Å². The summed E-state index contributed by atoms with van der Waals surface area (Å²) in [5.74, 6) is 0.721. The first-order chi connectivity index (χ1) is 14.5. The number of methoxy groups -OCH3 is 1. The molecular formula is C24H27N3O2S. The summed E-state index contributed by atoms with van der Waals surface area (Å²) in [5, 5.41) is 5.12. The van der Waals surface area contributed by atoms with Gasteiger partial charge in [0, 0.05) is 42.3 Å². The van der Waals surface area contributed by atoms with Crippen molar-refractivity contribution in [2.24, 2.45) is 0 Å². The number of hydrogen-bond donors (Lipinski definition) is 1. The van der Waals surface area contributed by atoms with Gasteiger partial charge in [-0.25, -0.2) is 0 Å². The molecule has 1 aliphatic rings. The normalized spacial score (nSPS) is 14.6. The van der Waals surface area contributed by atoms with Crippen molar-refractivity contribution in [1.29, 1.82) is 0 Å². The minimum Gasteiger partial charge on any atom is -0.495 e. The van der Waals surface area contributed by atoms with Gasteiger partial charge in [-0.2, -0.15) is 0 Å². The number of rotatable bonds is 5. The van der Waals surface area contributed by atoms with Crippen molar-refractivity contribution in [3.63, 3.8) is 0 Å². The molecule has 2 heterocycles. The SMILES string of the molecule is COc1ccc(NC(=O)c2ccc(-c3cccs3)c(C)c2)cc1N1CCN(C)CC1. The Hall–Kier alpha value is -2.83. The zero-order valence-electron chi connectivity index (χ0n) is 17.6. The molecule has 0 spiro atoms. The van der Waals surface area contributed by atoms with Crippen molar-refractivity contribution in [2.75, 3.05) is 50.6 Å². The van der Waals surface area contributed by atoms with E-state index in [0.717, 1.165) is 48.9 Å². The van der Waals surface area contributed by atoms with Crippen molar-refractivity contribution < 1.29 is 9.53 Å². The van der Waals surface area contributed by atoms with Crippen LogP contribution in [0.2, 0.25) is 0 Å². The molecule has 4 rings (SSSR count). The summed E-state index contributed by atoms with van der Waals surface area (Å²) in [4.78, 5) is 18.7. The minimum absolute atomic E-state index is 0.106. The highest BCUT2D eigenvalue weighted by Gasteiger charge is 2.19. The maximum atomic E-state index is 12.9. The van der Waals surface area contributed by atoms with Crippen molar-refractivity contribution >= 4 is 28.6 Å². The summed E-state index contributed by atoms with van der Waals surface area (Å²) in [6.07, 6.45) is 0. The zero-order chi connectivity index (χ0) is 21.1. The molecule has 0 aliphatic carbocycles. The quantitative estimate of drug-likeness (QED) is 0.647. The van der Waals surface area contributed by atoms with E-state index < -0.39 is 0 Å². The summed E-state index contributed by atoms with van der Waals surface area (Å²) >= 11 is 1.71. The molecule has 0 radical (unpaired) electrons. The van der Waals surface area contributed by atoms with Gasteiger partial charge >= 0.3 is 0 Å². The molecule has 0 unspecified atom stereocenters. The number of anilines is 2. The summed E-state index contributed by atoms with van der Waals surface area (Å²) in [6, 6.07) is 15.8. The monoisotopic (exact) mass is 421 g/mol. The molecule has 0 saturated carbocycles. The van der Waals surface area contributed by atoms with Crippen LogP contribution in [0, 0.1) is 6.92 Å². The van der Waals surface area contributed by atoms with E-state index in [-0.39, 0.29) is 5.91 Å². The Morgan fingerprint density at radius 1 is 1.07 bits per heavy atom. The number of ether oxygens (including phenoxy) is 1. The van der Waals surface area contributed by atoms with Crippen LogP contribution in [-0.2, 0) is 0 Å². The first-order valence-electron chi connectivity index (χ1n) is 10.1. The molecule has 3 aromatic rings. The smallest absolute Gasteiger partial charge is 0.255 e. The highest BCUT2D eigenvalue weighted by atomic mass is 32.1. The first kappa shape index (κ1) is 20.4. The highest BCUT2D eigenvalue weighted by molar-refractivity contribution is 7.13. The number of nitrogens with zero attached hydrogens (tertiary/aromatic N) is 2. The van der Waals surface area contributed by atoms with Gasteiger partial charge in [-0.05, 0) is 66.9 Å². The van der Waals surface area contributed by atoms with Gasteiger partial charge in [0.1, 0.15) is 5.75 Å². The standard InChI is InChI=1S/C24H27N3O2S/c1-17-15-18(6-8-20(17)23-5-4-14-30-23)24(28)25-19-7-9-22(29-3)21(16-19)27-12-10-26(2)11-13-27/h4-9,14-16H,10-13H2,1-3H3,(H,25,28). The average molecular weight is 422 g/mol. The molecule has 0 bridgehead atoms. The second kappa shape index (κ2) is 8.90. The van der Waals surface area contributed by atoms with Crippen LogP contribution in [-0.4, -0.2) is 51.1 Å². The van der Waals surface area contributed by atoms with Crippen LogP contribution in [0.4, 0.5) is 11.4 Å². The lowest BCUT2D eigenvalue weighted by atomic mass is 10.0.